The molecule has 0 unspecified atom stereocenters. The monoisotopic (exact) mass is 290 g/mol. The Morgan fingerprint density at radius 2 is 1.95 bits per heavy atom. The molecule has 0 heterocycles. The maximum Gasteiger partial charge on any atom is 0.140 e. The molecule has 1 fully saturated rings. The summed E-state index contributed by atoms with van der Waals surface area (Å²) >= 11 is 0. The fourth-order valence-corrected chi connectivity index (χ4v) is 2.78. The third-order valence-electron chi connectivity index (χ3n) is 4.47. The lowest BCUT2D eigenvalue weighted by Gasteiger charge is -2.40. The molecule has 114 valence electrons. The molecule has 0 spiro atoms. The van der Waals surface area contributed by atoms with Crippen LogP contribution in [0.15, 0.2) is 18.2 Å². The second kappa shape index (κ2) is 6.13. The van der Waals surface area contributed by atoms with Crippen LogP contribution in [0.4, 0.5) is 4.39 Å². The molecule has 21 heavy (non-hydrogen) atoms. The summed E-state index contributed by atoms with van der Waals surface area (Å²) < 4.78 is 13.2. The van der Waals surface area contributed by atoms with Crippen LogP contribution < -0.4 is 5.32 Å². The first-order valence-electron chi connectivity index (χ1n) is 7.45. The molecule has 1 saturated carbocycles. The van der Waals surface area contributed by atoms with Crippen LogP contribution in [0.1, 0.15) is 50.7 Å². The predicted octanol–water partition coefficient (Wildman–Crippen LogP) is 3.12. The number of benzene rings is 1. The Morgan fingerprint density at radius 1 is 1.29 bits per heavy atom. The van der Waals surface area contributed by atoms with Crippen LogP contribution in [0.2, 0.25) is 0 Å². The summed E-state index contributed by atoms with van der Waals surface area (Å²) in [6, 6.07) is 6.37. The van der Waals surface area contributed by atoms with Crippen molar-refractivity contribution < 1.29 is 9.50 Å². The highest BCUT2D eigenvalue weighted by molar-refractivity contribution is 5.34. The van der Waals surface area contributed by atoms with Crippen molar-refractivity contribution in [3.63, 3.8) is 0 Å². The lowest BCUT2D eigenvalue weighted by Crippen LogP contribution is -2.44. The summed E-state index contributed by atoms with van der Waals surface area (Å²) in [5, 5.41) is 22.6. The van der Waals surface area contributed by atoms with E-state index in [2.05, 4.69) is 19.2 Å². The van der Waals surface area contributed by atoms with E-state index in [1.807, 2.05) is 6.07 Å². The van der Waals surface area contributed by atoms with E-state index < -0.39 is 11.4 Å². The summed E-state index contributed by atoms with van der Waals surface area (Å²) in [7, 11) is 0. The van der Waals surface area contributed by atoms with Crippen molar-refractivity contribution in [2.24, 2.45) is 5.41 Å². The highest BCUT2D eigenvalue weighted by Crippen LogP contribution is 2.39. The first kappa shape index (κ1) is 15.9. The highest BCUT2D eigenvalue weighted by atomic mass is 19.1. The van der Waals surface area contributed by atoms with E-state index in [-0.39, 0.29) is 5.56 Å². The lowest BCUT2D eigenvalue weighted by molar-refractivity contribution is -0.0245. The van der Waals surface area contributed by atoms with E-state index in [9.17, 15) is 9.50 Å². The number of nitrogens with zero attached hydrogens (tertiary/aromatic N) is 1. The van der Waals surface area contributed by atoms with Gasteiger partial charge in [-0.05, 0) is 48.8 Å². The summed E-state index contributed by atoms with van der Waals surface area (Å²) in [6.45, 7) is 5.53. The minimum Gasteiger partial charge on any atom is -0.389 e. The van der Waals surface area contributed by atoms with Gasteiger partial charge in [-0.15, -0.1) is 0 Å². The van der Waals surface area contributed by atoms with Crippen LogP contribution in [-0.2, 0) is 6.54 Å². The minimum atomic E-state index is -0.645. The van der Waals surface area contributed by atoms with Gasteiger partial charge in [0, 0.05) is 13.1 Å². The lowest BCUT2D eigenvalue weighted by atomic mass is 9.71. The Hall–Kier alpha value is -1.44. The SMILES string of the molecule is CC1(C)CCC(O)(CNCc2ccc(F)c(C#N)c2)CC1. The maximum absolute atomic E-state index is 13.2. The average Bonchev–Trinajstić information content (AvgIpc) is 2.45. The number of aliphatic hydroxyl groups is 1. The molecule has 3 nitrogen and oxygen atoms in total. The van der Waals surface area contributed by atoms with Gasteiger partial charge in [0.05, 0.1) is 11.2 Å². The van der Waals surface area contributed by atoms with Gasteiger partial charge in [0.1, 0.15) is 11.9 Å². The molecule has 0 saturated heterocycles. The van der Waals surface area contributed by atoms with E-state index >= 15 is 0 Å². The van der Waals surface area contributed by atoms with E-state index in [0.717, 1.165) is 31.2 Å². The normalized spacial score (nSPS) is 20.0. The minimum absolute atomic E-state index is 0.0624. The van der Waals surface area contributed by atoms with Crippen molar-refractivity contribution in [3.8, 4) is 6.07 Å². The third-order valence-corrected chi connectivity index (χ3v) is 4.47. The zero-order valence-electron chi connectivity index (χ0n) is 12.7. The number of hydrogen-bond acceptors (Lipinski definition) is 3. The summed E-state index contributed by atoms with van der Waals surface area (Å²) in [5.41, 5.74) is 0.596. The van der Waals surface area contributed by atoms with Gasteiger partial charge >= 0.3 is 0 Å². The molecule has 1 aromatic rings. The summed E-state index contributed by atoms with van der Waals surface area (Å²) in [5.74, 6) is -0.491. The zero-order chi connectivity index (χ0) is 15.5. The van der Waals surface area contributed by atoms with E-state index in [0.29, 0.717) is 18.5 Å². The quantitative estimate of drug-likeness (QED) is 0.896. The molecule has 0 radical (unpaired) electrons. The standard InChI is InChI=1S/C17H23FN2O/c1-16(2)5-7-17(21,8-6-16)12-20-11-13-3-4-15(18)14(9-13)10-19/h3-4,9,20-21H,5-8,11-12H2,1-2H3. The Balaban J connectivity index is 1.86. The molecule has 0 atom stereocenters. The third kappa shape index (κ3) is 4.26. The Labute approximate surface area is 125 Å². The van der Waals surface area contributed by atoms with Crippen molar-refractivity contribution in [1.82, 2.24) is 5.32 Å². The molecule has 0 bridgehead atoms. The molecule has 1 aromatic carbocycles. The van der Waals surface area contributed by atoms with Gasteiger partial charge in [0.25, 0.3) is 0 Å². The number of rotatable bonds is 4. The van der Waals surface area contributed by atoms with Crippen LogP contribution >= 0.6 is 0 Å². The number of halogens is 1. The Morgan fingerprint density at radius 3 is 2.57 bits per heavy atom. The Bertz CT molecular complexity index is 538. The van der Waals surface area contributed by atoms with Gasteiger partial charge in [0.15, 0.2) is 0 Å². The number of hydrogen-bond donors (Lipinski definition) is 2. The highest BCUT2D eigenvalue weighted by Gasteiger charge is 2.36. The predicted molar refractivity (Wildman–Crippen MR) is 80.0 cm³/mol. The molecule has 2 rings (SSSR count). The van der Waals surface area contributed by atoms with E-state index in [1.165, 1.54) is 6.07 Å². The van der Waals surface area contributed by atoms with Crippen molar-refractivity contribution in [2.75, 3.05) is 6.54 Å². The first-order valence-corrected chi connectivity index (χ1v) is 7.45. The van der Waals surface area contributed by atoms with Gasteiger partial charge in [-0.1, -0.05) is 19.9 Å². The number of nitriles is 1. The van der Waals surface area contributed by atoms with Crippen molar-refractivity contribution in [2.45, 2.75) is 51.7 Å². The topological polar surface area (TPSA) is 56.0 Å². The zero-order valence-corrected chi connectivity index (χ0v) is 12.7. The molecule has 2 N–H and O–H groups in total. The van der Waals surface area contributed by atoms with Crippen LogP contribution in [0.25, 0.3) is 0 Å². The van der Waals surface area contributed by atoms with Crippen LogP contribution in [0.3, 0.4) is 0 Å². The van der Waals surface area contributed by atoms with Gasteiger partial charge in [-0.2, -0.15) is 5.26 Å². The van der Waals surface area contributed by atoms with Gasteiger partial charge in [0.2, 0.25) is 0 Å². The molecule has 0 amide bonds. The summed E-state index contributed by atoms with van der Waals surface area (Å²) in [4.78, 5) is 0. The van der Waals surface area contributed by atoms with Crippen LogP contribution in [-0.4, -0.2) is 17.3 Å². The van der Waals surface area contributed by atoms with E-state index in [1.54, 1.807) is 12.1 Å². The van der Waals surface area contributed by atoms with Crippen molar-refractivity contribution in [3.05, 3.63) is 35.1 Å². The average molecular weight is 290 g/mol. The molecule has 1 aliphatic rings. The van der Waals surface area contributed by atoms with Crippen LogP contribution in [0.5, 0.6) is 0 Å². The van der Waals surface area contributed by atoms with Crippen molar-refractivity contribution >= 4 is 0 Å². The second-order valence-corrected chi connectivity index (χ2v) is 6.92. The largest absolute Gasteiger partial charge is 0.389 e. The molecular formula is C17H23FN2O. The smallest absolute Gasteiger partial charge is 0.140 e. The molecule has 1 aliphatic carbocycles. The molecule has 0 aromatic heterocycles. The second-order valence-electron chi connectivity index (χ2n) is 6.92. The molecular weight excluding hydrogens is 267 g/mol. The Kier molecular flexibility index (Phi) is 4.65. The molecule has 4 heteroatoms. The van der Waals surface area contributed by atoms with Gasteiger partial charge in [-0.25, -0.2) is 4.39 Å². The van der Waals surface area contributed by atoms with E-state index in [4.69, 9.17) is 5.26 Å². The van der Waals surface area contributed by atoms with Crippen molar-refractivity contribution in [1.29, 1.82) is 5.26 Å². The molecule has 0 aliphatic heterocycles. The first-order chi connectivity index (χ1) is 9.84. The van der Waals surface area contributed by atoms with Crippen LogP contribution in [0, 0.1) is 22.6 Å². The van der Waals surface area contributed by atoms with Gasteiger partial charge < -0.3 is 10.4 Å². The summed E-state index contributed by atoms with van der Waals surface area (Å²) in [6.07, 6.45) is 3.67. The number of nitrogens with one attached hydrogen (secondary N) is 1. The van der Waals surface area contributed by atoms with Gasteiger partial charge in [-0.3, -0.25) is 0 Å². The fourth-order valence-electron chi connectivity index (χ4n) is 2.78. The maximum atomic E-state index is 13.2. The fraction of sp³-hybridized carbons (Fsp3) is 0.588.